The number of nitrogens with zero attached hydrogens (tertiary/aromatic N) is 1. The van der Waals surface area contributed by atoms with E-state index >= 15 is 0 Å². The molecule has 0 saturated heterocycles. The molecule has 1 amide bonds. The Balaban J connectivity index is 3.76. The van der Waals surface area contributed by atoms with Crippen molar-refractivity contribution in [2.45, 2.75) is 33.6 Å². The molecule has 0 heterocycles. The number of carbonyl (C=O) groups excluding carboxylic acids is 1. The number of hydrogen-bond donors (Lipinski definition) is 1. The van der Waals surface area contributed by atoms with Gasteiger partial charge in [-0.3, -0.25) is 4.79 Å². The van der Waals surface area contributed by atoms with E-state index in [-0.39, 0.29) is 5.91 Å². The minimum Gasteiger partial charge on any atom is -0.355 e. The van der Waals surface area contributed by atoms with Crippen molar-refractivity contribution in [1.29, 1.82) is 5.26 Å². The van der Waals surface area contributed by atoms with Crippen LogP contribution < -0.4 is 5.32 Å². The monoisotopic (exact) mass is 182 g/mol. The van der Waals surface area contributed by atoms with E-state index < -0.39 is 5.92 Å². The molecule has 0 fully saturated rings. The number of hydrogen-bond acceptors (Lipinski definition) is 2. The average Bonchev–Trinajstić information content (AvgIpc) is 2.17. The van der Waals surface area contributed by atoms with Crippen LogP contribution in [0.25, 0.3) is 0 Å². The van der Waals surface area contributed by atoms with Crippen LogP contribution in [0.5, 0.6) is 0 Å². The summed E-state index contributed by atoms with van der Waals surface area (Å²) >= 11 is 0. The third-order valence-electron chi connectivity index (χ3n) is 2.31. The van der Waals surface area contributed by atoms with Gasteiger partial charge in [-0.05, 0) is 12.8 Å². The van der Waals surface area contributed by atoms with E-state index in [0.717, 1.165) is 12.8 Å². The minimum absolute atomic E-state index is 0.158. The zero-order chi connectivity index (χ0) is 10.3. The average molecular weight is 182 g/mol. The zero-order valence-electron chi connectivity index (χ0n) is 8.63. The minimum atomic E-state index is -0.533. The highest BCUT2D eigenvalue weighted by Crippen LogP contribution is 2.05. The van der Waals surface area contributed by atoms with E-state index in [4.69, 9.17) is 5.26 Å². The van der Waals surface area contributed by atoms with Crippen LogP contribution in [0.3, 0.4) is 0 Å². The Morgan fingerprint density at radius 1 is 1.46 bits per heavy atom. The van der Waals surface area contributed by atoms with Crippen LogP contribution in [0.2, 0.25) is 0 Å². The molecule has 1 unspecified atom stereocenters. The highest BCUT2D eigenvalue weighted by molar-refractivity contribution is 5.80. The summed E-state index contributed by atoms with van der Waals surface area (Å²) in [6.07, 6.45) is 2.13. The quantitative estimate of drug-likeness (QED) is 0.703. The third-order valence-corrected chi connectivity index (χ3v) is 2.31. The molecule has 13 heavy (non-hydrogen) atoms. The van der Waals surface area contributed by atoms with Crippen LogP contribution in [-0.4, -0.2) is 12.5 Å². The van der Waals surface area contributed by atoms with Crippen molar-refractivity contribution in [1.82, 2.24) is 5.32 Å². The predicted molar refractivity (Wildman–Crippen MR) is 51.9 cm³/mol. The van der Waals surface area contributed by atoms with Gasteiger partial charge in [-0.1, -0.05) is 26.7 Å². The highest BCUT2D eigenvalue weighted by Gasteiger charge is 2.12. The zero-order valence-corrected chi connectivity index (χ0v) is 8.63. The summed E-state index contributed by atoms with van der Waals surface area (Å²) in [4.78, 5) is 11.2. The van der Waals surface area contributed by atoms with Crippen molar-refractivity contribution < 1.29 is 4.79 Å². The SMILES string of the molecule is CCC(CC)CNC(=O)C(C)C#N. The molecule has 0 aliphatic rings. The molecular formula is C10H18N2O. The van der Waals surface area contributed by atoms with Crippen molar-refractivity contribution in [3.63, 3.8) is 0 Å². The van der Waals surface area contributed by atoms with Crippen LogP contribution in [0.1, 0.15) is 33.6 Å². The summed E-state index contributed by atoms with van der Waals surface area (Å²) < 4.78 is 0. The Labute approximate surface area is 80.1 Å². The maximum absolute atomic E-state index is 11.2. The number of nitrogens with one attached hydrogen (secondary N) is 1. The molecule has 74 valence electrons. The molecule has 0 spiro atoms. The molecule has 0 saturated carbocycles. The van der Waals surface area contributed by atoms with Crippen molar-refractivity contribution in [2.75, 3.05) is 6.54 Å². The second-order valence-electron chi connectivity index (χ2n) is 3.28. The van der Waals surface area contributed by atoms with Crippen molar-refractivity contribution in [3.8, 4) is 6.07 Å². The maximum atomic E-state index is 11.2. The number of amides is 1. The topological polar surface area (TPSA) is 52.9 Å². The Kier molecular flexibility index (Phi) is 5.96. The van der Waals surface area contributed by atoms with Crippen molar-refractivity contribution in [2.24, 2.45) is 11.8 Å². The molecule has 0 aromatic carbocycles. The lowest BCUT2D eigenvalue weighted by atomic mass is 10.0. The highest BCUT2D eigenvalue weighted by atomic mass is 16.1. The molecule has 0 radical (unpaired) electrons. The molecule has 3 heteroatoms. The van der Waals surface area contributed by atoms with E-state index in [1.54, 1.807) is 6.92 Å². The summed E-state index contributed by atoms with van der Waals surface area (Å²) in [6.45, 7) is 6.52. The summed E-state index contributed by atoms with van der Waals surface area (Å²) in [6, 6.07) is 1.91. The van der Waals surface area contributed by atoms with Gasteiger partial charge in [-0.15, -0.1) is 0 Å². The smallest absolute Gasteiger partial charge is 0.237 e. The van der Waals surface area contributed by atoms with Gasteiger partial charge in [-0.2, -0.15) is 5.26 Å². The standard InChI is InChI=1S/C10H18N2O/c1-4-9(5-2)7-12-10(13)8(3)6-11/h8-9H,4-5,7H2,1-3H3,(H,12,13). The first kappa shape index (κ1) is 12.0. The van der Waals surface area contributed by atoms with Gasteiger partial charge in [0, 0.05) is 6.54 Å². The van der Waals surface area contributed by atoms with Gasteiger partial charge in [-0.25, -0.2) is 0 Å². The van der Waals surface area contributed by atoms with E-state index in [9.17, 15) is 4.79 Å². The first-order valence-electron chi connectivity index (χ1n) is 4.82. The van der Waals surface area contributed by atoms with Crippen LogP contribution in [0.15, 0.2) is 0 Å². The molecule has 0 aliphatic carbocycles. The second kappa shape index (κ2) is 6.47. The Hall–Kier alpha value is -1.04. The first-order valence-corrected chi connectivity index (χ1v) is 4.82. The van der Waals surface area contributed by atoms with Crippen LogP contribution in [0, 0.1) is 23.2 Å². The molecule has 0 aliphatic heterocycles. The molecule has 3 nitrogen and oxygen atoms in total. The summed E-state index contributed by atoms with van der Waals surface area (Å²) in [7, 11) is 0. The fourth-order valence-corrected chi connectivity index (χ4v) is 1.03. The van der Waals surface area contributed by atoms with E-state index in [1.165, 1.54) is 0 Å². The Morgan fingerprint density at radius 3 is 2.38 bits per heavy atom. The first-order chi connectivity index (χ1) is 6.15. The largest absolute Gasteiger partial charge is 0.355 e. The molecular weight excluding hydrogens is 164 g/mol. The molecule has 1 N–H and O–H groups in total. The molecule has 1 atom stereocenters. The van der Waals surface area contributed by atoms with Gasteiger partial charge in [0.15, 0.2) is 0 Å². The second-order valence-corrected chi connectivity index (χ2v) is 3.28. The molecule has 0 aromatic rings. The molecule has 0 bridgehead atoms. The van der Waals surface area contributed by atoms with Gasteiger partial charge in [0.1, 0.15) is 5.92 Å². The number of rotatable bonds is 5. The molecule has 0 rings (SSSR count). The fourth-order valence-electron chi connectivity index (χ4n) is 1.03. The van der Waals surface area contributed by atoms with E-state index in [1.807, 2.05) is 6.07 Å². The number of nitriles is 1. The van der Waals surface area contributed by atoms with Gasteiger partial charge in [0.05, 0.1) is 6.07 Å². The van der Waals surface area contributed by atoms with Crippen LogP contribution in [0.4, 0.5) is 0 Å². The van der Waals surface area contributed by atoms with Gasteiger partial charge in [0.2, 0.25) is 5.91 Å². The molecule has 0 aromatic heterocycles. The Bertz CT molecular complexity index is 192. The van der Waals surface area contributed by atoms with Crippen LogP contribution >= 0.6 is 0 Å². The van der Waals surface area contributed by atoms with Crippen LogP contribution in [-0.2, 0) is 4.79 Å². The third kappa shape index (κ3) is 4.51. The summed E-state index contributed by atoms with van der Waals surface area (Å²) in [5, 5.41) is 11.2. The van der Waals surface area contributed by atoms with E-state index in [2.05, 4.69) is 19.2 Å². The lowest BCUT2D eigenvalue weighted by molar-refractivity contribution is -0.123. The maximum Gasteiger partial charge on any atom is 0.237 e. The van der Waals surface area contributed by atoms with E-state index in [0.29, 0.717) is 12.5 Å². The number of carbonyl (C=O) groups is 1. The van der Waals surface area contributed by atoms with Gasteiger partial charge in [0.25, 0.3) is 0 Å². The van der Waals surface area contributed by atoms with Crippen molar-refractivity contribution in [3.05, 3.63) is 0 Å². The summed E-state index contributed by atoms with van der Waals surface area (Å²) in [5.41, 5.74) is 0. The normalized spacial score (nSPS) is 12.2. The summed E-state index contributed by atoms with van der Waals surface area (Å²) in [5.74, 6) is -0.154. The van der Waals surface area contributed by atoms with Gasteiger partial charge >= 0.3 is 0 Å². The van der Waals surface area contributed by atoms with Gasteiger partial charge < -0.3 is 5.32 Å². The predicted octanol–water partition coefficient (Wildman–Crippen LogP) is 1.70. The lowest BCUT2D eigenvalue weighted by Crippen LogP contribution is -2.32. The van der Waals surface area contributed by atoms with Crippen molar-refractivity contribution >= 4 is 5.91 Å². The lowest BCUT2D eigenvalue weighted by Gasteiger charge is -2.13. The Morgan fingerprint density at radius 2 is 2.00 bits per heavy atom. The fraction of sp³-hybridized carbons (Fsp3) is 0.800.